The van der Waals surface area contributed by atoms with Crippen LogP contribution in [0.15, 0.2) is 0 Å². The van der Waals surface area contributed by atoms with E-state index in [1.165, 1.54) is 116 Å². The fourth-order valence-corrected chi connectivity index (χ4v) is 6.51. The van der Waals surface area contributed by atoms with Crippen molar-refractivity contribution < 1.29 is 0 Å². The molecule has 3 saturated carbocycles. The van der Waals surface area contributed by atoms with E-state index in [0.717, 1.165) is 30.2 Å². The molecule has 4 heteroatoms. The van der Waals surface area contributed by atoms with Crippen molar-refractivity contribution in [3.05, 3.63) is 0 Å². The number of rotatable bonds is 17. The zero-order valence-electron chi connectivity index (χ0n) is 20.2. The molecule has 4 nitrogen and oxygen atoms in total. The maximum atomic E-state index is 3.85. The van der Waals surface area contributed by atoms with Gasteiger partial charge in [-0.05, 0) is 133 Å². The normalized spacial score (nSPS) is 33.0. The highest BCUT2D eigenvalue weighted by Gasteiger charge is 2.41. The van der Waals surface area contributed by atoms with Gasteiger partial charge in [0.1, 0.15) is 0 Å². The van der Waals surface area contributed by atoms with Crippen molar-refractivity contribution >= 4 is 0 Å². The molecule has 0 saturated heterocycles. The number of unbranched alkanes of at least 4 members (excludes halogenated alkanes) is 2. The van der Waals surface area contributed by atoms with E-state index in [9.17, 15) is 0 Å². The molecule has 0 heterocycles. The molecule has 0 aromatic heterocycles. The van der Waals surface area contributed by atoms with Crippen LogP contribution in [0.5, 0.6) is 0 Å². The van der Waals surface area contributed by atoms with Gasteiger partial charge in [0, 0.05) is 6.54 Å². The van der Waals surface area contributed by atoms with Gasteiger partial charge in [0.15, 0.2) is 0 Å². The molecule has 4 N–H and O–H groups in total. The lowest BCUT2D eigenvalue weighted by molar-refractivity contribution is 0.0455. The standard InChI is InChI=1S/C26H52N4/c1-3-27-11-4-5-12-28-19-24-16-25(24)20-29-13-6-7-14-30-21-26-10-8-9-23(18-26)15-22(2)17-26/h22-25,27-30H,3-21H2,1-2H3/t22?,23?,24-,25-,26?/m0/s1. The summed E-state index contributed by atoms with van der Waals surface area (Å²) >= 11 is 0. The minimum atomic E-state index is 0.653. The van der Waals surface area contributed by atoms with Gasteiger partial charge in [0.25, 0.3) is 0 Å². The van der Waals surface area contributed by atoms with Gasteiger partial charge >= 0.3 is 0 Å². The van der Waals surface area contributed by atoms with Crippen LogP contribution in [0.3, 0.4) is 0 Å². The second kappa shape index (κ2) is 13.4. The van der Waals surface area contributed by atoms with Gasteiger partial charge in [-0.3, -0.25) is 0 Å². The van der Waals surface area contributed by atoms with Crippen LogP contribution in [0.1, 0.15) is 84.5 Å². The molecule has 3 fully saturated rings. The predicted molar refractivity (Wildman–Crippen MR) is 130 cm³/mol. The third-order valence-corrected chi connectivity index (χ3v) is 8.10. The summed E-state index contributed by atoms with van der Waals surface area (Å²) in [5, 5.41) is 14.6. The molecule has 0 aromatic carbocycles. The molecule has 0 aliphatic heterocycles. The Hall–Kier alpha value is -0.160. The molecule has 176 valence electrons. The molecule has 3 aliphatic rings. The van der Waals surface area contributed by atoms with Gasteiger partial charge in [-0.15, -0.1) is 0 Å². The third-order valence-electron chi connectivity index (χ3n) is 8.10. The van der Waals surface area contributed by atoms with Crippen LogP contribution >= 0.6 is 0 Å². The highest BCUT2D eigenvalue weighted by molar-refractivity contribution is 4.94. The van der Waals surface area contributed by atoms with Gasteiger partial charge < -0.3 is 21.3 Å². The fraction of sp³-hybridized carbons (Fsp3) is 1.00. The van der Waals surface area contributed by atoms with E-state index in [4.69, 9.17) is 0 Å². The highest BCUT2D eigenvalue weighted by atomic mass is 14.9. The summed E-state index contributed by atoms with van der Waals surface area (Å²) in [5.41, 5.74) is 0.653. The summed E-state index contributed by atoms with van der Waals surface area (Å²) < 4.78 is 0. The Morgan fingerprint density at radius 3 is 2.07 bits per heavy atom. The van der Waals surface area contributed by atoms with Crippen molar-refractivity contribution in [2.24, 2.45) is 29.1 Å². The highest BCUT2D eigenvalue weighted by Crippen LogP contribution is 2.50. The lowest BCUT2D eigenvalue weighted by atomic mass is 9.59. The first-order chi connectivity index (χ1) is 14.7. The Kier molecular flexibility index (Phi) is 10.9. The van der Waals surface area contributed by atoms with E-state index in [2.05, 4.69) is 35.1 Å². The van der Waals surface area contributed by atoms with Gasteiger partial charge in [-0.2, -0.15) is 0 Å². The van der Waals surface area contributed by atoms with Crippen LogP contribution in [0.2, 0.25) is 0 Å². The van der Waals surface area contributed by atoms with Crippen molar-refractivity contribution in [3.63, 3.8) is 0 Å². The molecule has 0 spiro atoms. The van der Waals surface area contributed by atoms with Crippen molar-refractivity contribution in [2.45, 2.75) is 84.5 Å². The maximum Gasteiger partial charge on any atom is 0.000801 e. The zero-order valence-corrected chi connectivity index (χ0v) is 20.2. The van der Waals surface area contributed by atoms with Crippen LogP contribution in [0, 0.1) is 29.1 Å². The lowest BCUT2D eigenvalue weighted by Gasteiger charge is -2.48. The Morgan fingerprint density at radius 1 is 0.767 bits per heavy atom. The Balaban J connectivity index is 1.09. The molecular formula is C26H52N4. The van der Waals surface area contributed by atoms with E-state index in [1.807, 2.05) is 0 Å². The molecule has 30 heavy (non-hydrogen) atoms. The molecule has 0 amide bonds. The number of nitrogens with one attached hydrogen (secondary N) is 4. The molecule has 3 aliphatic carbocycles. The molecule has 2 bridgehead atoms. The summed E-state index contributed by atoms with van der Waals surface area (Å²) in [6.07, 6.45) is 15.6. The van der Waals surface area contributed by atoms with Crippen molar-refractivity contribution in [1.29, 1.82) is 0 Å². The van der Waals surface area contributed by atoms with Gasteiger partial charge in [-0.1, -0.05) is 26.7 Å². The third kappa shape index (κ3) is 8.76. The number of hydrogen-bond acceptors (Lipinski definition) is 4. The van der Waals surface area contributed by atoms with Crippen molar-refractivity contribution in [1.82, 2.24) is 21.3 Å². The SMILES string of the molecule is CCNCCCCNC[C@@H]1C[C@H]1CNCCCCNCC12CCCC(CC(C)C1)C2. The molecule has 5 atom stereocenters. The summed E-state index contributed by atoms with van der Waals surface area (Å²) in [6, 6.07) is 0. The molecule has 0 aromatic rings. The Bertz CT molecular complexity index is 452. The average Bonchev–Trinajstić information content (AvgIpc) is 3.47. The summed E-state index contributed by atoms with van der Waals surface area (Å²) in [6.45, 7) is 14.3. The smallest absolute Gasteiger partial charge is 0.000801 e. The fourth-order valence-electron chi connectivity index (χ4n) is 6.51. The van der Waals surface area contributed by atoms with Gasteiger partial charge in [0.05, 0.1) is 0 Å². The maximum absolute atomic E-state index is 3.85. The average molecular weight is 421 g/mol. The second-order valence-corrected chi connectivity index (χ2v) is 11.1. The minimum Gasteiger partial charge on any atom is -0.317 e. The summed E-state index contributed by atoms with van der Waals surface area (Å²) in [5.74, 6) is 3.87. The monoisotopic (exact) mass is 420 g/mol. The molecule has 0 radical (unpaired) electrons. The molecule has 3 unspecified atom stereocenters. The van der Waals surface area contributed by atoms with Crippen LogP contribution in [-0.2, 0) is 0 Å². The topological polar surface area (TPSA) is 48.1 Å². The first-order valence-corrected chi connectivity index (χ1v) is 13.5. The van der Waals surface area contributed by atoms with Crippen LogP contribution in [0.4, 0.5) is 0 Å². The van der Waals surface area contributed by atoms with E-state index < -0.39 is 0 Å². The first kappa shape index (κ1) is 24.5. The van der Waals surface area contributed by atoms with Crippen LogP contribution < -0.4 is 21.3 Å². The van der Waals surface area contributed by atoms with Crippen molar-refractivity contribution in [3.8, 4) is 0 Å². The zero-order chi connectivity index (χ0) is 21.1. The summed E-state index contributed by atoms with van der Waals surface area (Å²) in [4.78, 5) is 0. The Morgan fingerprint density at radius 2 is 1.40 bits per heavy atom. The van der Waals surface area contributed by atoms with E-state index in [0.29, 0.717) is 5.41 Å². The summed E-state index contributed by atoms with van der Waals surface area (Å²) in [7, 11) is 0. The van der Waals surface area contributed by atoms with Crippen LogP contribution in [-0.4, -0.2) is 52.4 Å². The number of fused-ring (bicyclic) bond motifs is 2. The van der Waals surface area contributed by atoms with E-state index in [1.54, 1.807) is 0 Å². The van der Waals surface area contributed by atoms with Gasteiger partial charge in [-0.25, -0.2) is 0 Å². The van der Waals surface area contributed by atoms with Crippen molar-refractivity contribution in [2.75, 3.05) is 52.4 Å². The largest absolute Gasteiger partial charge is 0.317 e. The lowest BCUT2D eigenvalue weighted by Crippen LogP contribution is -2.43. The van der Waals surface area contributed by atoms with E-state index in [-0.39, 0.29) is 0 Å². The molecule has 3 rings (SSSR count). The second-order valence-electron chi connectivity index (χ2n) is 11.1. The predicted octanol–water partition coefficient (Wildman–Crippen LogP) is 4.17. The quantitative estimate of drug-likeness (QED) is 0.267. The van der Waals surface area contributed by atoms with Gasteiger partial charge in [0.2, 0.25) is 0 Å². The number of hydrogen-bond donors (Lipinski definition) is 4. The minimum absolute atomic E-state index is 0.653. The van der Waals surface area contributed by atoms with E-state index >= 15 is 0 Å². The van der Waals surface area contributed by atoms with Crippen LogP contribution in [0.25, 0.3) is 0 Å². The Labute approximate surface area is 187 Å². The first-order valence-electron chi connectivity index (χ1n) is 13.5. The molecular weight excluding hydrogens is 368 g/mol.